The van der Waals surface area contributed by atoms with Gasteiger partial charge in [-0.2, -0.15) is 0 Å². The predicted molar refractivity (Wildman–Crippen MR) is 64.9 cm³/mol. The molecular formula is C11H21NO7. The second kappa shape index (κ2) is 10.5. The average molecular weight is 279 g/mol. The number of amides is 1. The third-order valence-corrected chi connectivity index (χ3v) is 2.04. The molecule has 0 saturated heterocycles. The smallest absolute Gasteiger partial charge is 0.407 e. The number of carboxylic acids is 1. The molecule has 8 nitrogen and oxygen atoms in total. The topological polar surface area (TPSA) is 114 Å². The Labute approximate surface area is 111 Å². The van der Waals surface area contributed by atoms with Gasteiger partial charge in [0.25, 0.3) is 0 Å². The van der Waals surface area contributed by atoms with Gasteiger partial charge < -0.3 is 29.7 Å². The maximum atomic E-state index is 11.2. The normalized spacial score (nSPS) is 13.6. The van der Waals surface area contributed by atoms with Crippen molar-refractivity contribution in [2.24, 2.45) is 0 Å². The van der Waals surface area contributed by atoms with Crippen molar-refractivity contribution in [1.82, 2.24) is 5.32 Å². The molecule has 0 heterocycles. The summed E-state index contributed by atoms with van der Waals surface area (Å²) in [5.74, 6) is -1.00. The maximum Gasteiger partial charge on any atom is 0.407 e. The Balaban J connectivity index is 3.89. The van der Waals surface area contributed by atoms with Crippen LogP contribution in [0.5, 0.6) is 0 Å². The minimum atomic E-state index is -1.00. The summed E-state index contributed by atoms with van der Waals surface area (Å²) >= 11 is 0. The number of carbonyl (C=O) groups excluding carboxylic acids is 1. The lowest BCUT2D eigenvalue weighted by Gasteiger charge is -2.20. The molecule has 3 N–H and O–H groups in total. The fourth-order valence-corrected chi connectivity index (χ4v) is 1.18. The number of ether oxygens (including phenoxy) is 3. The van der Waals surface area contributed by atoms with Gasteiger partial charge in [0.15, 0.2) is 0 Å². The van der Waals surface area contributed by atoms with E-state index in [4.69, 9.17) is 24.4 Å². The highest BCUT2D eigenvalue weighted by atomic mass is 16.6. The number of methoxy groups -OCH3 is 1. The molecule has 0 fully saturated rings. The van der Waals surface area contributed by atoms with E-state index in [1.807, 2.05) is 0 Å². The van der Waals surface area contributed by atoms with E-state index in [9.17, 15) is 9.59 Å². The average Bonchev–Trinajstić information content (AvgIpc) is 2.35. The van der Waals surface area contributed by atoms with Crippen LogP contribution in [0.3, 0.4) is 0 Å². The number of carboxylic acid groups (broad SMARTS) is 1. The van der Waals surface area contributed by atoms with Gasteiger partial charge in [0, 0.05) is 13.7 Å². The lowest BCUT2D eigenvalue weighted by Crippen LogP contribution is -2.34. The molecule has 0 aliphatic rings. The van der Waals surface area contributed by atoms with Crippen LogP contribution in [0.15, 0.2) is 0 Å². The first kappa shape index (κ1) is 17.6. The first-order valence-corrected chi connectivity index (χ1v) is 5.87. The van der Waals surface area contributed by atoms with Gasteiger partial charge in [-0.3, -0.25) is 4.79 Å². The van der Waals surface area contributed by atoms with Gasteiger partial charge in [-0.05, 0) is 6.92 Å². The number of nitrogens with one attached hydrogen (secondary N) is 1. The molecule has 1 amide bonds. The Hall–Kier alpha value is -1.38. The molecule has 2 unspecified atom stereocenters. The molecule has 0 aromatic heterocycles. The third kappa shape index (κ3) is 10.2. The molecule has 0 aliphatic heterocycles. The number of alkyl carbamates (subject to hydrolysis) is 1. The summed E-state index contributed by atoms with van der Waals surface area (Å²) in [5, 5.41) is 19.5. The molecule has 0 saturated carbocycles. The number of hydrogen-bond acceptors (Lipinski definition) is 6. The minimum Gasteiger partial charge on any atom is -0.481 e. The number of carbonyl (C=O) groups is 2. The highest BCUT2D eigenvalue weighted by Crippen LogP contribution is 2.00. The van der Waals surface area contributed by atoms with Gasteiger partial charge in [0.2, 0.25) is 0 Å². The van der Waals surface area contributed by atoms with Crippen LogP contribution in [0.2, 0.25) is 0 Å². The van der Waals surface area contributed by atoms with Crippen LogP contribution < -0.4 is 5.32 Å². The Morgan fingerprint density at radius 1 is 1.32 bits per heavy atom. The monoisotopic (exact) mass is 279 g/mol. The van der Waals surface area contributed by atoms with Crippen LogP contribution in [-0.4, -0.2) is 68.0 Å². The Bertz CT molecular complexity index is 272. The van der Waals surface area contributed by atoms with E-state index in [2.05, 4.69) is 5.32 Å². The van der Waals surface area contributed by atoms with Crippen LogP contribution in [0.25, 0.3) is 0 Å². The molecule has 0 rings (SSSR count). The van der Waals surface area contributed by atoms with Crippen LogP contribution in [0.1, 0.15) is 13.3 Å². The molecule has 0 radical (unpaired) electrons. The quantitative estimate of drug-likeness (QED) is 0.498. The fraction of sp³-hybridized carbons (Fsp3) is 0.818. The van der Waals surface area contributed by atoms with E-state index in [0.29, 0.717) is 0 Å². The van der Waals surface area contributed by atoms with Crippen LogP contribution in [0.4, 0.5) is 4.79 Å². The Morgan fingerprint density at radius 3 is 2.53 bits per heavy atom. The van der Waals surface area contributed by atoms with Crippen molar-refractivity contribution in [3.05, 3.63) is 0 Å². The first-order chi connectivity index (χ1) is 8.99. The van der Waals surface area contributed by atoms with Crippen LogP contribution >= 0.6 is 0 Å². The number of aliphatic carboxylic acids is 1. The fourth-order valence-electron chi connectivity index (χ4n) is 1.18. The van der Waals surface area contributed by atoms with E-state index < -0.39 is 18.2 Å². The van der Waals surface area contributed by atoms with E-state index in [0.717, 1.165) is 0 Å². The molecule has 8 heteroatoms. The highest BCUT2D eigenvalue weighted by molar-refractivity contribution is 5.70. The maximum absolute atomic E-state index is 11.2. The number of aliphatic hydroxyl groups excluding tert-OH is 1. The lowest BCUT2D eigenvalue weighted by atomic mass is 10.3. The summed E-state index contributed by atoms with van der Waals surface area (Å²) in [6.07, 6.45) is -1.77. The second-order valence-electron chi connectivity index (χ2n) is 3.88. The zero-order chi connectivity index (χ0) is 14.7. The molecule has 112 valence electrons. The largest absolute Gasteiger partial charge is 0.481 e. The van der Waals surface area contributed by atoms with Gasteiger partial charge in [-0.15, -0.1) is 0 Å². The van der Waals surface area contributed by atoms with Crippen LogP contribution in [-0.2, 0) is 19.0 Å². The van der Waals surface area contributed by atoms with Gasteiger partial charge in [-0.1, -0.05) is 0 Å². The molecule has 19 heavy (non-hydrogen) atoms. The Morgan fingerprint density at radius 2 is 2.00 bits per heavy atom. The molecular weight excluding hydrogens is 258 g/mol. The van der Waals surface area contributed by atoms with E-state index in [1.165, 1.54) is 7.11 Å². The van der Waals surface area contributed by atoms with Crippen molar-refractivity contribution in [2.45, 2.75) is 25.6 Å². The van der Waals surface area contributed by atoms with E-state index in [1.54, 1.807) is 6.92 Å². The summed E-state index contributed by atoms with van der Waals surface area (Å²) in [6.45, 7) is 1.70. The number of rotatable bonds is 10. The van der Waals surface area contributed by atoms with Gasteiger partial charge in [0.1, 0.15) is 12.7 Å². The summed E-state index contributed by atoms with van der Waals surface area (Å²) in [4.78, 5) is 21.5. The highest BCUT2D eigenvalue weighted by Gasteiger charge is 2.15. The first-order valence-electron chi connectivity index (χ1n) is 5.87. The predicted octanol–water partition coefficient (Wildman–Crippen LogP) is -0.400. The van der Waals surface area contributed by atoms with Crippen molar-refractivity contribution in [3.63, 3.8) is 0 Å². The standard InChI is InChI=1S/C11H21NO7/c1-8(5-13)19-9(6-17-2)7-18-11(16)12-4-3-10(14)15/h8-9,13H,3-7H2,1-2H3,(H,12,16)(H,14,15). The molecule has 2 atom stereocenters. The molecule has 0 aromatic carbocycles. The molecule has 0 spiro atoms. The third-order valence-electron chi connectivity index (χ3n) is 2.04. The lowest BCUT2D eigenvalue weighted by molar-refractivity contribution is -0.136. The second-order valence-corrected chi connectivity index (χ2v) is 3.88. The zero-order valence-corrected chi connectivity index (χ0v) is 11.1. The summed E-state index contributed by atoms with van der Waals surface area (Å²) in [7, 11) is 1.48. The van der Waals surface area contributed by atoms with Crippen molar-refractivity contribution in [2.75, 3.05) is 33.5 Å². The van der Waals surface area contributed by atoms with Gasteiger partial charge >= 0.3 is 12.1 Å². The van der Waals surface area contributed by atoms with Crippen molar-refractivity contribution >= 4 is 12.1 Å². The summed E-state index contributed by atoms with van der Waals surface area (Å²) in [6, 6.07) is 0. The van der Waals surface area contributed by atoms with Gasteiger partial charge in [-0.25, -0.2) is 4.79 Å². The molecule has 0 aliphatic carbocycles. The number of aliphatic hydroxyl groups is 1. The molecule has 0 aromatic rings. The Kier molecular flexibility index (Phi) is 9.77. The van der Waals surface area contributed by atoms with E-state index >= 15 is 0 Å². The van der Waals surface area contributed by atoms with E-state index in [-0.39, 0.29) is 38.9 Å². The van der Waals surface area contributed by atoms with Crippen LogP contribution in [0, 0.1) is 0 Å². The van der Waals surface area contributed by atoms with Crippen molar-refractivity contribution < 1.29 is 34.0 Å². The molecule has 0 bridgehead atoms. The zero-order valence-electron chi connectivity index (χ0n) is 11.1. The summed E-state index contributed by atoms with van der Waals surface area (Å²) < 4.78 is 15.1. The SMILES string of the molecule is COCC(COC(=O)NCCC(=O)O)OC(C)CO. The minimum absolute atomic E-state index is 0.00297. The number of hydrogen-bond donors (Lipinski definition) is 3. The van der Waals surface area contributed by atoms with Gasteiger partial charge in [0.05, 0.1) is 25.7 Å². The van der Waals surface area contributed by atoms with Crippen molar-refractivity contribution in [1.29, 1.82) is 0 Å². The summed E-state index contributed by atoms with van der Waals surface area (Å²) in [5.41, 5.74) is 0. The van der Waals surface area contributed by atoms with Crippen molar-refractivity contribution in [3.8, 4) is 0 Å².